The van der Waals surface area contributed by atoms with Crippen molar-refractivity contribution in [1.29, 1.82) is 0 Å². The number of thiazole rings is 1. The summed E-state index contributed by atoms with van der Waals surface area (Å²) in [6.07, 6.45) is 1.27. The summed E-state index contributed by atoms with van der Waals surface area (Å²) in [5.41, 5.74) is 1.37. The minimum Gasteiger partial charge on any atom is -0.454 e. The van der Waals surface area contributed by atoms with Gasteiger partial charge in [0.2, 0.25) is 12.7 Å². The number of piperidine rings is 1. The molecule has 2 aliphatic heterocycles. The minimum atomic E-state index is -0.350. The summed E-state index contributed by atoms with van der Waals surface area (Å²) >= 11 is 1.40. The molecule has 9 heteroatoms. The molecule has 0 unspecified atom stereocenters. The molecule has 1 fully saturated rings. The van der Waals surface area contributed by atoms with E-state index >= 15 is 0 Å². The van der Waals surface area contributed by atoms with Gasteiger partial charge in [-0.2, -0.15) is 0 Å². The standard InChI is InChI=1S/C21H26N4O4S/c1-13-5-14(2)9-25(8-13)10-16-11-30-21(23-16)24-19(26)7-22-20(27)15-3-4-17-18(6-15)29-12-28-17/h3-4,6,11,13-14H,5,7-10,12H2,1-2H3,(H,22,27)(H,23,24,26)/t13-,14+. The van der Waals surface area contributed by atoms with Crippen molar-refractivity contribution >= 4 is 28.3 Å². The first-order valence-electron chi connectivity index (χ1n) is 10.1. The SMILES string of the molecule is C[C@@H]1C[C@H](C)CN(Cc2csc(NC(=O)CNC(=O)c3ccc4c(c3)OCO4)n2)C1. The average molecular weight is 431 g/mol. The van der Waals surface area contributed by atoms with Gasteiger partial charge in [-0.25, -0.2) is 4.98 Å². The smallest absolute Gasteiger partial charge is 0.251 e. The maximum absolute atomic E-state index is 12.3. The average Bonchev–Trinajstić information content (AvgIpc) is 3.33. The lowest BCUT2D eigenvalue weighted by Gasteiger charge is -2.34. The molecule has 2 aliphatic rings. The number of carbonyl (C=O) groups is 2. The largest absolute Gasteiger partial charge is 0.454 e. The second-order valence-electron chi connectivity index (χ2n) is 8.08. The molecule has 2 aromatic rings. The Bertz CT molecular complexity index is 921. The van der Waals surface area contributed by atoms with Crippen LogP contribution >= 0.6 is 11.3 Å². The minimum absolute atomic E-state index is 0.136. The van der Waals surface area contributed by atoms with Crippen LogP contribution in [0.25, 0.3) is 0 Å². The molecule has 30 heavy (non-hydrogen) atoms. The number of likely N-dealkylation sites (tertiary alicyclic amines) is 1. The van der Waals surface area contributed by atoms with Crippen LogP contribution in [0.5, 0.6) is 11.5 Å². The molecule has 1 aromatic heterocycles. The molecule has 0 radical (unpaired) electrons. The Balaban J connectivity index is 1.25. The number of hydrogen-bond donors (Lipinski definition) is 2. The van der Waals surface area contributed by atoms with Gasteiger partial charge in [-0.15, -0.1) is 11.3 Å². The maximum Gasteiger partial charge on any atom is 0.251 e. The maximum atomic E-state index is 12.3. The third-order valence-electron chi connectivity index (χ3n) is 5.17. The van der Waals surface area contributed by atoms with E-state index in [9.17, 15) is 9.59 Å². The number of amides is 2. The van der Waals surface area contributed by atoms with Gasteiger partial charge in [0.15, 0.2) is 16.6 Å². The van der Waals surface area contributed by atoms with Crippen LogP contribution in [0, 0.1) is 11.8 Å². The van der Waals surface area contributed by atoms with E-state index in [1.165, 1.54) is 17.8 Å². The summed E-state index contributed by atoms with van der Waals surface area (Å²) in [5, 5.41) is 7.89. The van der Waals surface area contributed by atoms with Crippen LogP contribution in [0.1, 0.15) is 36.3 Å². The molecule has 8 nitrogen and oxygen atoms in total. The highest BCUT2D eigenvalue weighted by molar-refractivity contribution is 7.13. The van der Waals surface area contributed by atoms with Gasteiger partial charge in [-0.05, 0) is 36.5 Å². The number of ether oxygens (including phenoxy) is 2. The van der Waals surface area contributed by atoms with Crippen molar-refractivity contribution in [1.82, 2.24) is 15.2 Å². The highest BCUT2D eigenvalue weighted by Crippen LogP contribution is 2.32. The first-order chi connectivity index (χ1) is 14.5. The van der Waals surface area contributed by atoms with E-state index in [4.69, 9.17) is 9.47 Å². The van der Waals surface area contributed by atoms with Gasteiger partial charge in [-0.3, -0.25) is 14.5 Å². The predicted octanol–water partition coefficient (Wildman–Crippen LogP) is 2.72. The van der Waals surface area contributed by atoms with E-state index < -0.39 is 0 Å². The normalized spacial score (nSPS) is 20.7. The van der Waals surface area contributed by atoms with E-state index in [1.807, 2.05) is 5.38 Å². The molecule has 0 bridgehead atoms. The molecule has 1 saturated heterocycles. The van der Waals surface area contributed by atoms with Gasteiger partial charge in [-0.1, -0.05) is 13.8 Å². The summed E-state index contributed by atoms with van der Waals surface area (Å²) in [6, 6.07) is 4.92. The lowest BCUT2D eigenvalue weighted by atomic mass is 9.92. The number of nitrogens with zero attached hydrogens (tertiary/aromatic N) is 2. The summed E-state index contributed by atoms with van der Waals surface area (Å²) in [5.74, 6) is 1.86. The van der Waals surface area contributed by atoms with Gasteiger partial charge in [0.05, 0.1) is 12.2 Å². The van der Waals surface area contributed by atoms with E-state index in [0.717, 1.165) is 25.3 Å². The third-order valence-corrected chi connectivity index (χ3v) is 5.98. The number of rotatable bonds is 6. The van der Waals surface area contributed by atoms with Gasteiger partial charge in [0.25, 0.3) is 5.91 Å². The summed E-state index contributed by atoms with van der Waals surface area (Å²) in [6.45, 7) is 7.53. The van der Waals surface area contributed by atoms with Gasteiger partial charge < -0.3 is 20.1 Å². The molecular weight excluding hydrogens is 404 g/mol. The van der Waals surface area contributed by atoms with Crippen molar-refractivity contribution in [3.05, 3.63) is 34.8 Å². The second-order valence-corrected chi connectivity index (χ2v) is 8.94. The number of benzene rings is 1. The topological polar surface area (TPSA) is 92.8 Å². The van der Waals surface area contributed by atoms with Crippen LogP contribution in [-0.4, -0.2) is 48.1 Å². The second kappa shape index (κ2) is 9.01. The van der Waals surface area contributed by atoms with Crippen molar-refractivity contribution < 1.29 is 19.1 Å². The Hall–Kier alpha value is -2.65. The van der Waals surface area contributed by atoms with Crippen LogP contribution in [0.4, 0.5) is 5.13 Å². The Morgan fingerprint density at radius 2 is 1.97 bits per heavy atom. The molecule has 2 amide bonds. The first kappa shape index (κ1) is 20.6. The molecule has 0 saturated carbocycles. The summed E-state index contributed by atoms with van der Waals surface area (Å²) < 4.78 is 10.5. The number of anilines is 1. The van der Waals surface area contributed by atoms with Crippen molar-refractivity contribution in [2.24, 2.45) is 11.8 Å². The molecule has 0 spiro atoms. The Morgan fingerprint density at radius 3 is 2.77 bits per heavy atom. The summed E-state index contributed by atoms with van der Waals surface area (Å²) in [4.78, 5) is 31.4. The molecule has 0 aliphatic carbocycles. The van der Waals surface area contributed by atoms with Crippen LogP contribution < -0.4 is 20.1 Å². The predicted molar refractivity (Wildman–Crippen MR) is 114 cm³/mol. The first-order valence-corrected chi connectivity index (χ1v) is 11.0. The molecule has 1 aromatic carbocycles. The molecule has 3 heterocycles. The van der Waals surface area contributed by atoms with E-state index in [0.29, 0.717) is 34.0 Å². The fourth-order valence-corrected chi connectivity index (χ4v) is 4.77. The van der Waals surface area contributed by atoms with Crippen LogP contribution in [0.3, 0.4) is 0 Å². The van der Waals surface area contributed by atoms with Crippen molar-refractivity contribution in [3.8, 4) is 11.5 Å². The molecular formula is C21H26N4O4S. The van der Waals surface area contributed by atoms with Crippen molar-refractivity contribution in [2.45, 2.75) is 26.8 Å². The van der Waals surface area contributed by atoms with Gasteiger partial charge in [0.1, 0.15) is 0 Å². The Labute approximate surface area is 179 Å². The zero-order valence-corrected chi connectivity index (χ0v) is 18.0. The highest BCUT2D eigenvalue weighted by atomic mass is 32.1. The van der Waals surface area contributed by atoms with Crippen LogP contribution in [-0.2, 0) is 11.3 Å². The lowest BCUT2D eigenvalue weighted by molar-refractivity contribution is -0.115. The molecule has 4 rings (SSSR count). The fourth-order valence-electron chi connectivity index (χ4n) is 4.05. The van der Waals surface area contributed by atoms with Crippen LogP contribution in [0.2, 0.25) is 0 Å². The number of hydrogen-bond acceptors (Lipinski definition) is 7. The molecule has 160 valence electrons. The number of aromatic nitrogens is 1. The third kappa shape index (κ3) is 5.09. The fraction of sp³-hybridized carbons (Fsp3) is 0.476. The quantitative estimate of drug-likeness (QED) is 0.732. The summed E-state index contributed by atoms with van der Waals surface area (Å²) in [7, 11) is 0. The molecule has 2 N–H and O–H groups in total. The van der Waals surface area contributed by atoms with E-state index in [1.54, 1.807) is 18.2 Å². The lowest BCUT2D eigenvalue weighted by Crippen LogP contribution is -2.38. The molecule has 2 atom stereocenters. The zero-order valence-electron chi connectivity index (χ0n) is 17.1. The van der Waals surface area contributed by atoms with Crippen molar-refractivity contribution in [2.75, 3.05) is 31.7 Å². The van der Waals surface area contributed by atoms with E-state index in [-0.39, 0.29) is 25.2 Å². The van der Waals surface area contributed by atoms with E-state index in [2.05, 4.69) is 34.4 Å². The number of carbonyl (C=O) groups excluding carboxylic acids is 2. The number of fused-ring (bicyclic) bond motifs is 1. The Morgan fingerprint density at radius 1 is 1.20 bits per heavy atom. The van der Waals surface area contributed by atoms with Gasteiger partial charge >= 0.3 is 0 Å². The zero-order chi connectivity index (χ0) is 21.1. The highest BCUT2D eigenvalue weighted by Gasteiger charge is 2.22. The van der Waals surface area contributed by atoms with Crippen LogP contribution in [0.15, 0.2) is 23.6 Å². The Kier molecular flexibility index (Phi) is 6.19. The monoisotopic (exact) mass is 430 g/mol. The van der Waals surface area contributed by atoms with Crippen molar-refractivity contribution in [3.63, 3.8) is 0 Å². The van der Waals surface area contributed by atoms with Gasteiger partial charge in [0, 0.05) is 30.6 Å². The number of nitrogens with one attached hydrogen (secondary N) is 2.